The lowest BCUT2D eigenvalue weighted by molar-refractivity contribution is 0.483. The van der Waals surface area contributed by atoms with E-state index in [2.05, 4.69) is 14.9 Å². The van der Waals surface area contributed by atoms with E-state index in [-0.39, 0.29) is 6.17 Å². The maximum atomic E-state index is 5.06. The van der Waals surface area contributed by atoms with Crippen LogP contribution in [0, 0.1) is 0 Å². The minimum atomic E-state index is -0.0748. The Labute approximate surface area is 129 Å². The zero-order chi connectivity index (χ0) is 16.4. The normalized spacial score (nSPS) is 13.3. The number of hydrogen-bond acceptors (Lipinski definition) is 3. The Morgan fingerprint density at radius 2 is 1.71 bits per heavy atom. The summed E-state index contributed by atoms with van der Waals surface area (Å²) in [7, 11) is 5.97. The van der Waals surface area contributed by atoms with Crippen LogP contribution in [0.15, 0.2) is 33.0 Å². The van der Waals surface area contributed by atoms with Gasteiger partial charge in [-0.2, -0.15) is 0 Å². The Morgan fingerprint density at radius 3 is 2.19 bits per heavy atom. The Bertz CT molecular complexity index is 435. The fraction of sp³-hybridized carbons (Fsp3) is 0.625. The minimum Gasteiger partial charge on any atom is -0.472 e. The van der Waals surface area contributed by atoms with Crippen molar-refractivity contribution in [3.05, 3.63) is 24.2 Å². The van der Waals surface area contributed by atoms with Gasteiger partial charge in [0.1, 0.15) is 6.17 Å². The number of hydrogen-bond donors (Lipinski definition) is 0. The third-order valence-electron chi connectivity index (χ3n) is 2.95. The van der Waals surface area contributed by atoms with E-state index in [1.54, 1.807) is 12.5 Å². The van der Waals surface area contributed by atoms with Gasteiger partial charge in [0.25, 0.3) is 0 Å². The van der Waals surface area contributed by atoms with Crippen LogP contribution in [-0.2, 0) is 6.54 Å². The molecular formula is C16H30N4O. The first-order valence-corrected chi connectivity index (χ1v) is 7.38. The third-order valence-corrected chi connectivity index (χ3v) is 2.95. The molecule has 0 saturated heterocycles. The standard InChI is InChI=1S/C14H24N4O.C2H6/c1-11(15-12(2)17(4)5)16-13(3)18(6)9-14-7-8-19-10-14;1-2/h7-8,10-11H,9H2,1-6H3;1-2H3/b15-12+,16-13+;. The van der Waals surface area contributed by atoms with Crippen LogP contribution in [0.4, 0.5) is 0 Å². The van der Waals surface area contributed by atoms with Crippen molar-refractivity contribution in [2.24, 2.45) is 9.98 Å². The van der Waals surface area contributed by atoms with Crippen molar-refractivity contribution in [3.8, 4) is 0 Å². The van der Waals surface area contributed by atoms with Crippen LogP contribution in [0.5, 0.6) is 0 Å². The monoisotopic (exact) mass is 294 g/mol. The summed E-state index contributed by atoms with van der Waals surface area (Å²) >= 11 is 0. The molecule has 0 N–H and O–H groups in total. The lowest BCUT2D eigenvalue weighted by Gasteiger charge is -2.19. The van der Waals surface area contributed by atoms with Crippen LogP contribution in [0.3, 0.4) is 0 Å². The van der Waals surface area contributed by atoms with E-state index in [9.17, 15) is 0 Å². The third kappa shape index (κ3) is 7.54. The SMILES string of the molecule is C/C(=N\C(C)/N=C(\C)N(C)Cc1ccoc1)N(C)C.CC. The van der Waals surface area contributed by atoms with E-state index in [1.807, 2.05) is 66.7 Å². The minimum absolute atomic E-state index is 0.0748. The summed E-state index contributed by atoms with van der Waals surface area (Å²) in [6.07, 6.45) is 3.36. The fourth-order valence-corrected chi connectivity index (χ4v) is 1.55. The van der Waals surface area contributed by atoms with Crippen molar-refractivity contribution in [2.75, 3.05) is 21.1 Å². The van der Waals surface area contributed by atoms with E-state index in [0.717, 1.165) is 23.8 Å². The Morgan fingerprint density at radius 1 is 1.14 bits per heavy atom. The molecule has 0 aliphatic carbocycles. The van der Waals surface area contributed by atoms with Gasteiger partial charge in [0.05, 0.1) is 24.2 Å². The highest BCUT2D eigenvalue weighted by atomic mass is 16.3. The second-order valence-corrected chi connectivity index (χ2v) is 4.87. The molecular weight excluding hydrogens is 264 g/mol. The molecule has 0 amide bonds. The number of nitrogens with zero attached hydrogens (tertiary/aromatic N) is 4. The molecule has 1 heterocycles. The van der Waals surface area contributed by atoms with E-state index in [4.69, 9.17) is 4.42 Å². The quantitative estimate of drug-likeness (QED) is 0.631. The molecule has 1 unspecified atom stereocenters. The van der Waals surface area contributed by atoms with Gasteiger partial charge < -0.3 is 14.2 Å². The average molecular weight is 294 g/mol. The molecule has 1 aromatic rings. The number of amidine groups is 2. The summed E-state index contributed by atoms with van der Waals surface area (Å²) in [6, 6.07) is 1.96. The van der Waals surface area contributed by atoms with Crippen LogP contribution in [0.25, 0.3) is 0 Å². The summed E-state index contributed by atoms with van der Waals surface area (Å²) in [6.45, 7) is 10.8. The van der Waals surface area contributed by atoms with Gasteiger partial charge in [0, 0.05) is 33.3 Å². The smallest absolute Gasteiger partial charge is 0.140 e. The molecule has 21 heavy (non-hydrogen) atoms. The van der Waals surface area contributed by atoms with Crippen molar-refractivity contribution in [2.45, 2.75) is 47.3 Å². The van der Waals surface area contributed by atoms with Crippen LogP contribution in [0.2, 0.25) is 0 Å². The van der Waals surface area contributed by atoms with Gasteiger partial charge in [0.15, 0.2) is 0 Å². The van der Waals surface area contributed by atoms with Gasteiger partial charge in [-0.05, 0) is 26.8 Å². The van der Waals surface area contributed by atoms with Gasteiger partial charge in [-0.25, -0.2) is 9.98 Å². The second-order valence-electron chi connectivity index (χ2n) is 4.87. The van der Waals surface area contributed by atoms with Crippen molar-refractivity contribution in [1.29, 1.82) is 0 Å². The maximum Gasteiger partial charge on any atom is 0.140 e. The molecule has 0 saturated carbocycles. The molecule has 120 valence electrons. The molecule has 5 heteroatoms. The Kier molecular flexibility index (Phi) is 9.17. The number of rotatable bonds is 4. The Balaban J connectivity index is 0.00000191. The van der Waals surface area contributed by atoms with Gasteiger partial charge >= 0.3 is 0 Å². The van der Waals surface area contributed by atoms with Crippen molar-refractivity contribution in [1.82, 2.24) is 9.80 Å². The topological polar surface area (TPSA) is 44.3 Å². The first-order valence-electron chi connectivity index (χ1n) is 7.38. The molecule has 0 aliphatic heterocycles. The molecule has 5 nitrogen and oxygen atoms in total. The highest BCUT2D eigenvalue weighted by molar-refractivity contribution is 5.81. The zero-order valence-corrected chi connectivity index (χ0v) is 14.7. The summed E-state index contributed by atoms with van der Waals surface area (Å²) in [5.41, 5.74) is 1.14. The highest BCUT2D eigenvalue weighted by Gasteiger charge is 2.05. The molecule has 0 spiro atoms. The second kappa shape index (κ2) is 10.0. The molecule has 1 rings (SSSR count). The van der Waals surface area contributed by atoms with Crippen LogP contribution >= 0.6 is 0 Å². The molecule has 1 aromatic heterocycles. The largest absolute Gasteiger partial charge is 0.472 e. The summed E-state index contributed by atoms with van der Waals surface area (Å²) in [4.78, 5) is 13.2. The van der Waals surface area contributed by atoms with E-state index < -0.39 is 0 Å². The number of furan rings is 1. The first kappa shape index (κ1) is 19.2. The van der Waals surface area contributed by atoms with Crippen molar-refractivity contribution in [3.63, 3.8) is 0 Å². The van der Waals surface area contributed by atoms with Gasteiger partial charge in [-0.15, -0.1) is 0 Å². The van der Waals surface area contributed by atoms with E-state index in [0.29, 0.717) is 0 Å². The van der Waals surface area contributed by atoms with Crippen LogP contribution < -0.4 is 0 Å². The summed E-state index contributed by atoms with van der Waals surface area (Å²) in [5, 5.41) is 0. The van der Waals surface area contributed by atoms with Crippen molar-refractivity contribution < 1.29 is 4.42 Å². The molecule has 0 fully saturated rings. The fourth-order valence-electron chi connectivity index (χ4n) is 1.55. The predicted octanol–water partition coefficient (Wildman–Crippen LogP) is 3.48. The maximum absolute atomic E-state index is 5.06. The molecule has 0 radical (unpaired) electrons. The van der Waals surface area contributed by atoms with Crippen molar-refractivity contribution >= 4 is 11.7 Å². The van der Waals surface area contributed by atoms with Gasteiger partial charge in [-0.1, -0.05) is 13.8 Å². The molecule has 0 aromatic carbocycles. The average Bonchev–Trinajstić information content (AvgIpc) is 2.93. The van der Waals surface area contributed by atoms with E-state index >= 15 is 0 Å². The highest BCUT2D eigenvalue weighted by Crippen LogP contribution is 2.05. The summed E-state index contributed by atoms with van der Waals surface area (Å²) in [5.74, 6) is 1.94. The summed E-state index contributed by atoms with van der Waals surface area (Å²) < 4.78 is 5.06. The lowest BCUT2D eigenvalue weighted by atomic mass is 10.3. The molecule has 1 atom stereocenters. The predicted molar refractivity (Wildman–Crippen MR) is 90.9 cm³/mol. The molecule has 0 aliphatic rings. The molecule has 0 bridgehead atoms. The van der Waals surface area contributed by atoms with Gasteiger partial charge in [0.2, 0.25) is 0 Å². The Hall–Kier alpha value is -1.78. The van der Waals surface area contributed by atoms with Crippen LogP contribution in [0.1, 0.15) is 40.2 Å². The first-order chi connectivity index (χ1) is 9.90. The lowest BCUT2D eigenvalue weighted by Crippen LogP contribution is -2.25. The van der Waals surface area contributed by atoms with Gasteiger partial charge in [-0.3, -0.25) is 0 Å². The zero-order valence-electron chi connectivity index (χ0n) is 14.7. The number of aliphatic imine (C=N–C) groups is 2. The van der Waals surface area contributed by atoms with E-state index in [1.165, 1.54) is 0 Å². The van der Waals surface area contributed by atoms with Crippen LogP contribution in [-0.4, -0.2) is 48.8 Å².